The zero-order valence-corrected chi connectivity index (χ0v) is 10.2. The number of carbonyl (C=O) groups is 1. The fraction of sp³-hybridized carbons (Fsp3) is 0.0714. The fourth-order valence-corrected chi connectivity index (χ4v) is 1.47. The van der Waals surface area contributed by atoms with Crippen LogP contribution in [-0.4, -0.2) is 18.1 Å². The van der Waals surface area contributed by atoms with Crippen LogP contribution in [-0.2, 0) is 0 Å². The van der Waals surface area contributed by atoms with Crippen LogP contribution < -0.4 is 9.47 Å². The van der Waals surface area contributed by atoms with Crippen LogP contribution in [0.25, 0.3) is 0 Å². The number of methoxy groups -OCH3 is 1. The maximum absolute atomic E-state index is 11.9. The Morgan fingerprint density at radius 3 is 2.58 bits per heavy atom. The highest BCUT2D eigenvalue weighted by atomic mass is 16.6. The van der Waals surface area contributed by atoms with Gasteiger partial charge in [0, 0.05) is 18.5 Å². The first-order valence-corrected chi connectivity index (χ1v) is 5.45. The topological polar surface area (TPSA) is 72.2 Å². The quantitative estimate of drug-likeness (QED) is 0.620. The predicted molar refractivity (Wildman–Crippen MR) is 66.9 cm³/mol. The third kappa shape index (κ3) is 2.87. The SMILES string of the molecule is COc1cc(C#N)ccc1OC(=O)c1ccncc1. The van der Waals surface area contributed by atoms with Crippen LogP contribution in [0.4, 0.5) is 0 Å². The first-order chi connectivity index (χ1) is 9.24. The van der Waals surface area contributed by atoms with Gasteiger partial charge in [0.05, 0.1) is 24.3 Å². The summed E-state index contributed by atoms with van der Waals surface area (Å²) in [5.41, 5.74) is 0.821. The van der Waals surface area contributed by atoms with Crippen LogP contribution in [0.3, 0.4) is 0 Å². The van der Waals surface area contributed by atoms with E-state index in [2.05, 4.69) is 4.98 Å². The van der Waals surface area contributed by atoms with Gasteiger partial charge in [-0.1, -0.05) is 0 Å². The number of pyridine rings is 1. The van der Waals surface area contributed by atoms with Crippen molar-refractivity contribution < 1.29 is 14.3 Å². The Bertz CT molecular complexity index is 633. The minimum Gasteiger partial charge on any atom is -0.493 e. The molecular weight excluding hydrogens is 244 g/mol. The van der Waals surface area contributed by atoms with Crippen molar-refractivity contribution in [3.05, 3.63) is 53.9 Å². The van der Waals surface area contributed by atoms with Crippen molar-refractivity contribution >= 4 is 5.97 Å². The van der Waals surface area contributed by atoms with E-state index in [1.165, 1.54) is 31.6 Å². The summed E-state index contributed by atoms with van der Waals surface area (Å²) in [5, 5.41) is 8.79. The summed E-state index contributed by atoms with van der Waals surface area (Å²) < 4.78 is 10.3. The van der Waals surface area contributed by atoms with Crippen LogP contribution in [0.5, 0.6) is 11.5 Å². The lowest BCUT2D eigenvalue weighted by Gasteiger charge is -2.09. The molecule has 0 unspecified atom stereocenters. The van der Waals surface area contributed by atoms with Gasteiger partial charge >= 0.3 is 5.97 Å². The van der Waals surface area contributed by atoms with Crippen molar-refractivity contribution in [2.75, 3.05) is 7.11 Å². The van der Waals surface area contributed by atoms with Crippen LogP contribution in [0.15, 0.2) is 42.7 Å². The molecule has 1 aromatic carbocycles. The molecule has 0 aliphatic rings. The molecule has 0 bridgehead atoms. The molecule has 5 nitrogen and oxygen atoms in total. The van der Waals surface area contributed by atoms with Gasteiger partial charge < -0.3 is 9.47 Å². The zero-order chi connectivity index (χ0) is 13.7. The first kappa shape index (κ1) is 12.6. The van der Waals surface area contributed by atoms with E-state index in [4.69, 9.17) is 14.7 Å². The van der Waals surface area contributed by atoms with Gasteiger partial charge in [0.25, 0.3) is 0 Å². The number of hydrogen-bond donors (Lipinski definition) is 0. The zero-order valence-electron chi connectivity index (χ0n) is 10.2. The number of nitriles is 1. The van der Waals surface area contributed by atoms with Gasteiger partial charge in [-0.3, -0.25) is 4.98 Å². The van der Waals surface area contributed by atoms with Crippen LogP contribution >= 0.6 is 0 Å². The molecule has 2 aromatic rings. The molecule has 0 radical (unpaired) electrons. The van der Waals surface area contributed by atoms with Crippen molar-refractivity contribution in [3.8, 4) is 17.6 Å². The van der Waals surface area contributed by atoms with Gasteiger partial charge in [0.2, 0.25) is 0 Å². The summed E-state index contributed by atoms with van der Waals surface area (Å²) in [6.45, 7) is 0. The van der Waals surface area contributed by atoms with Crippen LogP contribution in [0.2, 0.25) is 0 Å². The average Bonchev–Trinajstić information content (AvgIpc) is 2.48. The normalized spacial score (nSPS) is 9.47. The maximum atomic E-state index is 11.9. The summed E-state index contributed by atoms with van der Waals surface area (Å²) >= 11 is 0. The second-order valence-corrected chi connectivity index (χ2v) is 3.60. The van der Waals surface area contributed by atoms with Crippen LogP contribution in [0.1, 0.15) is 15.9 Å². The summed E-state index contributed by atoms with van der Waals surface area (Å²) in [7, 11) is 1.44. The van der Waals surface area contributed by atoms with Gasteiger partial charge in [-0.2, -0.15) is 5.26 Å². The van der Waals surface area contributed by atoms with Crippen molar-refractivity contribution in [2.45, 2.75) is 0 Å². The smallest absolute Gasteiger partial charge is 0.343 e. The largest absolute Gasteiger partial charge is 0.493 e. The molecule has 0 aliphatic heterocycles. The van der Waals surface area contributed by atoms with Crippen LogP contribution in [0, 0.1) is 11.3 Å². The van der Waals surface area contributed by atoms with E-state index in [-0.39, 0.29) is 5.75 Å². The second-order valence-electron chi connectivity index (χ2n) is 3.60. The molecule has 0 amide bonds. The lowest BCUT2D eigenvalue weighted by molar-refractivity contribution is 0.0729. The number of hydrogen-bond acceptors (Lipinski definition) is 5. The molecule has 1 aromatic heterocycles. The highest BCUT2D eigenvalue weighted by molar-refractivity contribution is 5.91. The van der Waals surface area contributed by atoms with Gasteiger partial charge in [-0.05, 0) is 24.3 Å². The Hall–Kier alpha value is -2.87. The number of ether oxygens (including phenoxy) is 2. The van der Waals surface area contributed by atoms with Crippen molar-refractivity contribution in [1.82, 2.24) is 4.98 Å². The Morgan fingerprint density at radius 1 is 1.21 bits per heavy atom. The Kier molecular flexibility index (Phi) is 3.74. The molecule has 0 saturated heterocycles. The Labute approximate surface area is 110 Å². The molecule has 94 valence electrons. The summed E-state index contributed by atoms with van der Waals surface area (Å²) in [6, 6.07) is 9.68. The number of esters is 1. The lowest BCUT2D eigenvalue weighted by atomic mass is 10.2. The Balaban J connectivity index is 2.24. The highest BCUT2D eigenvalue weighted by Gasteiger charge is 2.12. The molecule has 0 fully saturated rings. The van der Waals surface area contributed by atoms with Crippen molar-refractivity contribution in [3.63, 3.8) is 0 Å². The minimum atomic E-state index is -0.509. The number of nitrogens with zero attached hydrogens (tertiary/aromatic N) is 2. The molecule has 0 N–H and O–H groups in total. The average molecular weight is 254 g/mol. The first-order valence-electron chi connectivity index (χ1n) is 5.45. The molecule has 0 saturated carbocycles. The van der Waals surface area contributed by atoms with E-state index in [0.29, 0.717) is 16.9 Å². The molecule has 19 heavy (non-hydrogen) atoms. The van der Waals surface area contributed by atoms with Crippen molar-refractivity contribution in [2.24, 2.45) is 0 Å². The molecule has 0 atom stereocenters. The van der Waals surface area contributed by atoms with E-state index in [0.717, 1.165) is 0 Å². The third-order valence-corrected chi connectivity index (χ3v) is 2.41. The van der Waals surface area contributed by atoms with Gasteiger partial charge in [0.1, 0.15) is 0 Å². The number of benzene rings is 1. The third-order valence-electron chi connectivity index (χ3n) is 2.41. The predicted octanol–water partition coefficient (Wildman–Crippen LogP) is 2.18. The van der Waals surface area contributed by atoms with Gasteiger partial charge in [-0.25, -0.2) is 4.79 Å². The number of aromatic nitrogens is 1. The fourth-order valence-electron chi connectivity index (χ4n) is 1.47. The number of carbonyl (C=O) groups excluding carboxylic acids is 1. The molecule has 2 rings (SSSR count). The monoisotopic (exact) mass is 254 g/mol. The summed E-state index contributed by atoms with van der Waals surface area (Å²) in [4.78, 5) is 15.7. The van der Waals surface area contributed by atoms with E-state index >= 15 is 0 Å². The summed E-state index contributed by atoms with van der Waals surface area (Å²) in [5.74, 6) is 0.0928. The van der Waals surface area contributed by atoms with Gasteiger partial charge in [-0.15, -0.1) is 0 Å². The standard InChI is InChI=1S/C14H10N2O3/c1-18-13-8-10(9-15)2-3-12(13)19-14(17)11-4-6-16-7-5-11/h2-8H,1H3. The molecule has 1 heterocycles. The molecular formula is C14H10N2O3. The minimum absolute atomic E-state index is 0.267. The maximum Gasteiger partial charge on any atom is 0.343 e. The van der Waals surface area contributed by atoms with Crippen molar-refractivity contribution in [1.29, 1.82) is 5.26 Å². The van der Waals surface area contributed by atoms with E-state index in [1.54, 1.807) is 18.2 Å². The molecule has 0 aliphatic carbocycles. The van der Waals surface area contributed by atoms with Gasteiger partial charge in [0.15, 0.2) is 11.5 Å². The molecule has 5 heteroatoms. The Morgan fingerprint density at radius 2 is 1.95 bits per heavy atom. The lowest BCUT2D eigenvalue weighted by Crippen LogP contribution is -2.09. The second kappa shape index (κ2) is 5.65. The highest BCUT2D eigenvalue weighted by Crippen LogP contribution is 2.28. The van der Waals surface area contributed by atoms with E-state index in [1.807, 2.05) is 6.07 Å². The molecule has 0 spiro atoms. The summed E-state index contributed by atoms with van der Waals surface area (Å²) in [6.07, 6.45) is 3.01. The van der Waals surface area contributed by atoms with E-state index < -0.39 is 5.97 Å². The van der Waals surface area contributed by atoms with E-state index in [9.17, 15) is 4.79 Å². The number of rotatable bonds is 3.